The summed E-state index contributed by atoms with van der Waals surface area (Å²) >= 11 is 1.86. The van der Waals surface area contributed by atoms with Crippen molar-refractivity contribution in [2.75, 3.05) is 13.1 Å². The molecule has 2 nitrogen and oxygen atoms in total. The highest BCUT2D eigenvalue weighted by atomic mass is 32.1. The largest absolute Gasteiger partial charge is 0.326 e. The Labute approximate surface area is 127 Å². The molecule has 1 aromatic rings. The van der Waals surface area contributed by atoms with Gasteiger partial charge in [0, 0.05) is 10.9 Å². The van der Waals surface area contributed by atoms with E-state index in [1.807, 2.05) is 11.3 Å². The number of nitrogens with two attached hydrogens (primary N) is 1. The first-order chi connectivity index (χ1) is 9.70. The van der Waals surface area contributed by atoms with Crippen LogP contribution in [0.15, 0.2) is 17.5 Å². The van der Waals surface area contributed by atoms with Crippen LogP contribution in [0.5, 0.6) is 0 Å². The lowest BCUT2D eigenvalue weighted by atomic mass is 9.68. The standard InChI is InChI=1S/C17H28N2S/c1-14(18)16(15-6-5-13-20-15)19-11-9-17(10-12-19)7-3-2-4-8-17/h5-6,13-14,16H,2-4,7-12,18H2,1H3. The molecule has 3 heteroatoms. The molecule has 20 heavy (non-hydrogen) atoms. The zero-order chi connectivity index (χ0) is 14.0. The molecule has 0 bridgehead atoms. The van der Waals surface area contributed by atoms with Crippen LogP contribution in [0, 0.1) is 5.41 Å². The summed E-state index contributed by atoms with van der Waals surface area (Å²) in [4.78, 5) is 4.09. The van der Waals surface area contributed by atoms with Crippen LogP contribution in [0.3, 0.4) is 0 Å². The van der Waals surface area contributed by atoms with E-state index >= 15 is 0 Å². The van der Waals surface area contributed by atoms with E-state index < -0.39 is 0 Å². The topological polar surface area (TPSA) is 29.3 Å². The predicted molar refractivity (Wildman–Crippen MR) is 87.0 cm³/mol. The first kappa shape index (κ1) is 14.6. The van der Waals surface area contributed by atoms with Gasteiger partial charge in [0.15, 0.2) is 0 Å². The average molecular weight is 292 g/mol. The van der Waals surface area contributed by atoms with Gasteiger partial charge in [-0.3, -0.25) is 4.90 Å². The van der Waals surface area contributed by atoms with Gasteiger partial charge in [0.25, 0.3) is 0 Å². The molecular formula is C17H28N2S. The molecule has 1 aromatic heterocycles. The molecule has 2 aliphatic rings. The molecule has 0 amide bonds. The Morgan fingerprint density at radius 3 is 2.40 bits per heavy atom. The van der Waals surface area contributed by atoms with E-state index in [0.29, 0.717) is 11.5 Å². The van der Waals surface area contributed by atoms with Crippen molar-refractivity contribution < 1.29 is 0 Å². The molecule has 2 unspecified atom stereocenters. The first-order valence-corrected chi connectivity index (χ1v) is 9.11. The van der Waals surface area contributed by atoms with E-state index in [2.05, 4.69) is 29.3 Å². The fraction of sp³-hybridized carbons (Fsp3) is 0.765. The van der Waals surface area contributed by atoms with E-state index in [4.69, 9.17) is 5.73 Å². The number of thiophene rings is 1. The van der Waals surface area contributed by atoms with Crippen LogP contribution in [-0.2, 0) is 0 Å². The third-order valence-corrected chi connectivity index (χ3v) is 6.44. The first-order valence-electron chi connectivity index (χ1n) is 8.23. The zero-order valence-corrected chi connectivity index (χ0v) is 13.5. The van der Waals surface area contributed by atoms with Crippen molar-refractivity contribution in [1.82, 2.24) is 4.90 Å². The molecule has 1 aliphatic heterocycles. The summed E-state index contributed by atoms with van der Waals surface area (Å²) in [5.74, 6) is 0. The highest BCUT2D eigenvalue weighted by molar-refractivity contribution is 7.10. The summed E-state index contributed by atoms with van der Waals surface area (Å²) in [6.07, 6.45) is 10.1. The number of likely N-dealkylation sites (tertiary alicyclic amines) is 1. The van der Waals surface area contributed by atoms with Crippen molar-refractivity contribution in [3.05, 3.63) is 22.4 Å². The minimum atomic E-state index is 0.217. The van der Waals surface area contributed by atoms with Crippen molar-refractivity contribution in [2.24, 2.45) is 11.1 Å². The van der Waals surface area contributed by atoms with Crippen molar-refractivity contribution in [1.29, 1.82) is 0 Å². The molecule has 2 heterocycles. The van der Waals surface area contributed by atoms with E-state index in [0.717, 1.165) is 0 Å². The fourth-order valence-electron chi connectivity index (χ4n) is 4.31. The Bertz CT molecular complexity index is 397. The van der Waals surface area contributed by atoms with Gasteiger partial charge < -0.3 is 5.73 Å². The SMILES string of the molecule is CC(N)C(c1cccs1)N1CCC2(CCCCC2)CC1. The number of piperidine rings is 1. The number of hydrogen-bond donors (Lipinski definition) is 1. The van der Waals surface area contributed by atoms with Crippen molar-refractivity contribution in [3.8, 4) is 0 Å². The number of nitrogens with zero attached hydrogens (tertiary/aromatic N) is 1. The van der Waals surface area contributed by atoms with E-state index in [1.54, 1.807) is 0 Å². The molecule has 0 radical (unpaired) electrons. The summed E-state index contributed by atoms with van der Waals surface area (Å²) in [5.41, 5.74) is 6.98. The van der Waals surface area contributed by atoms with E-state index in [1.165, 1.54) is 62.9 Å². The average Bonchev–Trinajstić information content (AvgIpc) is 2.96. The van der Waals surface area contributed by atoms with Crippen molar-refractivity contribution in [2.45, 2.75) is 64.0 Å². The third kappa shape index (κ3) is 2.95. The lowest BCUT2D eigenvalue weighted by Gasteiger charge is -2.47. The minimum Gasteiger partial charge on any atom is -0.326 e. The van der Waals surface area contributed by atoms with Crippen molar-refractivity contribution >= 4 is 11.3 Å². The highest BCUT2D eigenvalue weighted by Gasteiger charge is 2.38. The molecule has 3 rings (SSSR count). The van der Waals surface area contributed by atoms with Crippen molar-refractivity contribution in [3.63, 3.8) is 0 Å². The van der Waals surface area contributed by atoms with Gasteiger partial charge in [-0.25, -0.2) is 0 Å². The summed E-state index contributed by atoms with van der Waals surface area (Å²) < 4.78 is 0. The van der Waals surface area contributed by atoms with Gasteiger partial charge in [-0.2, -0.15) is 0 Å². The van der Waals surface area contributed by atoms with Gasteiger partial charge in [-0.05, 0) is 62.6 Å². The van der Waals surface area contributed by atoms with Gasteiger partial charge >= 0.3 is 0 Å². The Morgan fingerprint density at radius 2 is 1.85 bits per heavy atom. The van der Waals surface area contributed by atoms with Gasteiger partial charge in [-0.1, -0.05) is 25.3 Å². The molecule has 1 saturated heterocycles. The molecular weight excluding hydrogens is 264 g/mol. The smallest absolute Gasteiger partial charge is 0.0590 e. The predicted octanol–water partition coefficient (Wildman–Crippen LogP) is 4.18. The number of rotatable bonds is 3. The molecule has 112 valence electrons. The number of hydrogen-bond acceptors (Lipinski definition) is 3. The maximum Gasteiger partial charge on any atom is 0.0590 e. The molecule has 1 spiro atoms. The molecule has 2 N–H and O–H groups in total. The van der Waals surface area contributed by atoms with Crippen LogP contribution >= 0.6 is 11.3 Å². The maximum atomic E-state index is 6.29. The molecule has 0 aromatic carbocycles. The second-order valence-corrected chi connectivity index (χ2v) is 7.90. The Morgan fingerprint density at radius 1 is 1.15 bits per heavy atom. The van der Waals surface area contributed by atoms with E-state index in [9.17, 15) is 0 Å². The van der Waals surface area contributed by atoms with Crippen LogP contribution < -0.4 is 5.73 Å². The fourth-order valence-corrected chi connectivity index (χ4v) is 5.28. The Hall–Kier alpha value is -0.380. The van der Waals surface area contributed by atoms with Gasteiger partial charge in [-0.15, -0.1) is 11.3 Å². The Kier molecular flexibility index (Phi) is 4.49. The maximum absolute atomic E-state index is 6.29. The molecule has 1 saturated carbocycles. The van der Waals surface area contributed by atoms with Gasteiger partial charge in [0.1, 0.15) is 0 Å². The second-order valence-electron chi connectivity index (χ2n) is 6.92. The van der Waals surface area contributed by atoms with Crippen LogP contribution in [0.4, 0.5) is 0 Å². The second kappa shape index (κ2) is 6.17. The van der Waals surface area contributed by atoms with Crippen LogP contribution in [0.1, 0.15) is 62.8 Å². The monoisotopic (exact) mass is 292 g/mol. The van der Waals surface area contributed by atoms with Gasteiger partial charge in [0.2, 0.25) is 0 Å². The minimum absolute atomic E-state index is 0.217. The summed E-state index contributed by atoms with van der Waals surface area (Å²) in [7, 11) is 0. The highest BCUT2D eigenvalue weighted by Crippen LogP contribution is 2.46. The van der Waals surface area contributed by atoms with Gasteiger partial charge in [0.05, 0.1) is 6.04 Å². The summed E-state index contributed by atoms with van der Waals surface area (Å²) in [6.45, 7) is 4.64. The third-order valence-electron chi connectivity index (χ3n) is 5.50. The van der Waals surface area contributed by atoms with E-state index in [-0.39, 0.29) is 6.04 Å². The Balaban J connectivity index is 1.66. The quantitative estimate of drug-likeness (QED) is 0.905. The lowest BCUT2D eigenvalue weighted by Crippen LogP contribution is -2.46. The molecule has 2 atom stereocenters. The summed E-state index contributed by atoms with van der Waals surface area (Å²) in [5, 5.41) is 2.18. The van der Waals surface area contributed by atoms with Crippen LogP contribution in [0.25, 0.3) is 0 Å². The molecule has 2 fully saturated rings. The normalized spacial score (nSPS) is 26.5. The summed E-state index contributed by atoms with van der Waals surface area (Å²) in [6, 6.07) is 5.05. The van der Waals surface area contributed by atoms with Crippen LogP contribution in [-0.4, -0.2) is 24.0 Å². The lowest BCUT2D eigenvalue weighted by molar-refractivity contribution is 0.0401. The molecule has 1 aliphatic carbocycles. The zero-order valence-electron chi connectivity index (χ0n) is 12.7. The van der Waals surface area contributed by atoms with Crippen LogP contribution in [0.2, 0.25) is 0 Å².